The molecule has 110 valence electrons. The number of ether oxygens (including phenoxy) is 1. The summed E-state index contributed by atoms with van der Waals surface area (Å²) in [6.07, 6.45) is -0.102. The second-order valence-corrected chi connectivity index (χ2v) is 6.47. The number of alkyl halides is 1. The van der Waals surface area contributed by atoms with Crippen molar-refractivity contribution in [1.29, 1.82) is 0 Å². The van der Waals surface area contributed by atoms with E-state index in [9.17, 15) is 4.79 Å². The fourth-order valence-corrected chi connectivity index (χ4v) is 2.92. The zero-order valence-corrected chi connectivity index (χ0v) is 13.3. The molecule has 3 nitrogen and oxygen atoms in total. The molecule has 20 heavy (non-hydrogen) atoms. The number of halogens is 1. The third-order valence-corrected chi connectivity index (χ3v) is 3.90. The van der Waals surface area contributed by atoms with E-state index >= 15 is 0 Å². The van der Waals surface area contributed by atoms with E-state index in [0.29, 0.717) is 19.0 Å². The van der Waals surface area contributed by atoms with Crippen molar-refractivity contribution in [3.8, 4) is 0 Å². The normalized spacial score (nSPS) is 21.9. The molecular weight excluding hydrogens is 274 g/mol. The molecule has 1 amide bonds. The lowest BCUT2D eigenvalue weighted by Crippen LogP contribution is -2.55. The minimum absolute atomic E-state index is 0.0639. The number of nitrogens with zero attached hydrogens (tertiary/aromatic N) is 1. The Morgan fingerprint density at radius 1 is 1.45 bits per heavy atom. The summed E-state index contributed by atoms with van der Waals surface area (Å²) in [6, 6.07) is 5.92. The van der Waals surface area contributed by atoms with E-state index in [1.54, 1.807) is 0 Å². The van der Waals surface area contributed by atoms with E-state index in [1.807, 2.05) is 50.8 Å². The summed E-state index contributed by atoms with van der Waals surface area (Å²) in [5, 5.41) is 0. The van der Waals surface area contributed by atoms with Crippen LogP contribution in [0.2, 0.25) is 0 Å². The van der Waals surface area contributed by atoms with Crippen LogP contribution >= 0.6 is 11.6 Å². The van der Waals surface area contributed by atoms with Gasteiger partial charge in [0.25, 0.3) is 5.91 Å². The number of benzene rings is 1. The number of rotatable bonds is 2. The standard InChI is InChI=1S/C16H22ClNO2/c1-11-5-6-14(12(2)7-11)15(19)18-9-13(8-17)20-16(3,4)10-18/h5-7,13H,8-10H2,1-4H3. The van der Waals surface area contributed by atoms with E-state index in [-0.39, 0.29) is 17.6 Å². The minimum atomic E-state index is -0.355. The van der Waals surface area contributed by atoms with E-state index in [4.69, 9.17) is 16.3 Å². The number of aryl methyl sites for hydroxylation is 2. The third-order valence-electron chi connectivity index (χ3n) is 3.55. The Bertz CT molecular complexity index is 513. The van der Waals surface area contributed by atoms with Crippen LogP contribution < -0.4 is 0 Å². The highest BCUT2D eigenvalue weighted by Crippen LogP contribution is 2.24. The fourth-order valence-electron chi connectivity index (χ4n) is 2.75. The first-order valence-electron chi connectivity index (χ1n) is 6.93. The molecule has 0 aliphatic carbocycles. The first-order valence-corrected chi connectivity index (χ1v) is 7.46. The van der Waals surface area contributed by atoms with Crippen molar-refractivity contribution < 1.29 is 9.53 Å². The predicted molar refractivity (Wildman–Crippen MR) is 81.5 cm³/mol. The number of hydrogen-bond acceptors (Lipinski definition) is 2. The van der Waals surface area contributed by atoms with Gasteiger partial charge in [0.05, 0.1) is 17.6 Å². The van der Waals surface area contributed by atoms with Gasteiger partial charge in [0.2, 0.25) is 0 Å². The summed E-state index contributed by atoms with van der Waals surface area (Å²) in [6.45, 7) is 9.14. The van der Waals surface area contributed by atoms with Crippen molar-refractivity contribution in [2.75, 3.05) is 19.0 Å². The highest BCUT2D eigenvalue weighted by Gasteiger charge is 2.35. The quantitative estimate of drug-likeness (QED) is 0.784. The van der Waals surface area contributed by atoms with Gasteiger partial charge in [-0.25, -0.2) is 0 Å². The van der Waals surface area contributed by atoms with Crippen LogP contribution in [-0.2, 0) is 4.74 Å². The number of amides is 1. The lowest BCUT2D eigenvalue weighted by molar-refractivity contribution is -0.117. The molecule has 1 fully saturated rings. The molecule has 1 atom stereocenters. The Kier molecular flexibility index (Phi) is 4.40. The molecule has 1 saturated heterocycles. The Labute approximate surface area is 125 Å². The Balaban J connectivity index is 2.23. The molecular formula is C16H22ClNO2. The third kappa shape index (κ3) is 3.33. The van der Waals surface area contributed by atoms with Gasteiger partial charge in [-0.1, -0.05) is 17.7 Å². The van der Waals surface area contributed by atoms with Gasteiger partial charge in [0.1, 0.15) is 0 Å². The van der Waals surface area contributed by atoms with Crippen molar-refractivity contribution >= 4 is 17.5 Å². The maximum atomic E-state index is 12.7. The lowest BCUT2D eigenvalue weighted by Gasteiger charge is -2.42. The molecule has 0 spiro atoms. The molecule has 0 radical (unpaired) electrons. The largest absolute Gasteiger partial charge is 0.367 e. The molecule has 1 aromatic rings. The Morgan fingerprint density at radius 3 is 2.75 bits per heavy atom. The maximum Gasteiger partial charge on any atom is 0.254 e. The molecule has 1 unspecified atom stereocenters. The second kappa shape index (κ2) is 5.74. The fraction of sp³-hybridized carbons (Fsp3) is 0.562. The van der Waals surface area contributed by atoms with Gasteiger partial charge in [-0.15, -0.1) is 11.6 Å². The highest BCUT2D eigenvalue weighted by atomic mass is 35.5. The molecule has 4 heteroatoms. The van der Waals surface area contributed by atoms with Crippen LogP contribution in [0.5, 0.6) is 0 Å². The van der Waals surface area contributed by atoms with Crippen molar-refractivity contribution in [3.05, 3.63) is 34.9 Å². The zero-order chi connectivity index (χ0) is 14.9. The first kappa shape index (κ1) is 15.3. The van der Waals surface area contributed by atoms with Crippen molar-refractivity contribution in [1.82, 2.24) is 4.90 Å². The van der Waals surface area contributed by atoms with Gasteiger partial charge in [-0.3, -0.25) is 4.79 Å². The smallest absolute Gasteiger partial charge is 0.254 e. The van der Waals surface area contributed by atoms with E-state index in [2.05, 4.69) is 0 Å². The van der Waals surface area contributed by atoms with Crippen LogP contribution in [0.15, 0.2) is 18.2 Å². The molecule has 0 bridgehead atoms. The van der Waals surface area contributed by atoms with Gasteiger partial charge in [-0.2, -0.15) is 0 Å². The molecule has 1 aliphatic heterocycles. The highest BCUT2D eigenvalue weighted by molar-refractivity contribution is 6.18. The average Bonchev–Trinajstić information content (AvgIpc) is 2.36. The van der Waals surface area contributed by atoms with Crippen molar-refractivity contribution in [3.63, 3.8) is 0 Å². The van der Waals surface area contributed by atoms with Crippen molar-refractivity contribution in [2.45, 2.75) is 39.4 Å². The number of carbonyl (C=O) groups excluding carboxylic acids is 1. The molecule has 0 saturated carbocycles. The monoisotopic (exact) mass is 295 g/mol. The molecule has 1 aromatic carbocycles. The average molecular weight is 296 g/mol. The van der Waals surface area contributed by atoms with Gasteiger partial charge in [-0.05, 0) is 39.3 Å². The number of hydrogen-bond donors (Lipinski definition) is 0. The minimum Gasteiger partial charge on any atom is -0.367 e. The van der Waals surface area contributed by atoms with Gasteiger partial charge >= 0.3 is 0 Å². The second-order valence-electron chi connectivity index (χ2n) is 6.16. The summed E-state index contributed by atoms with van der Waals surface area (Å²) in [5.74, 6) is 0.467. The Hall–Kier alpha value is -1.06. The van der Waals surface area contributed by atoms with E-state index in [0.717, 1.165) is 11.1 Å². The van der Waals surface area contributed by atoms with E-state index < -0.39 is 0 Å². The van der Waals surface area contributed by atoms with Gasteiger partial charge in [0, 0.05) is 18.7 Å². The molecule has 2 rings (SSSR count). The summed E-state index contributed by atoms with van der Waals surface area (Å²) in [5.41, 5.74) is 2.59. The maximum absolute atomic E-state index is 12.7. The van der Waals surface area contributed by atoms with E-state index in [1.165, 1.54) is 5.56 Å². The Morgan fingerprint density at radius 2 is 2.15 bits per heavy atom. The number of morpholine rings is 1. The molecule has 1 heterocycles. The van der Waals surface area contributed by atoms with Crippen LogP contribution in [-0.4, -0.2) is 41.5 Å². The van der Waals surface area contributed by atoms with Gasteiger partial charge < -0.3 is 9.64 Å². The number of carbonyl (C=O) groups is 1. The van der Waals surface area contributed by atoms with Crippen molar-refractivity contribution in [2.24, 2.45) is 0 Å². The predicted octanol–water partition coefficient (Wildman–Crippen LogP) is 3.16. The summed E-state index contributed by atoms with van der Waals surface area (Å²) in [7, 11) is 0. The SMILES string of the molecule is Cc1ccc(C(=O)N2CC(CCl)OC(C)(C)C2)c(C)c1. The first-order chi connectivity index (χ1) is 9.32. The molecule has 0 N–H and O–H groups in total. The van der Waals surface area contributed by atoms with Crippen LogP contribution in [0.1, 0.15) is 35.3 Å². The summed E-state index contributed by atoms with van der Waals surface area (Å²) in [4.78, 5) is 14.6. The van der Waals surface area contributed by atoms with Crippen LogP contribution in [0, 0.1) is 13.8 Å². The summed E-state index contributed by atoms with van der Waals surface area (Å²) < 4.78 is 5.86. The molecule has 1 aliphatic rings. The topological polar surface area (TPSA) is 29.5 Å². The zero-order valence-electron chi connectivity index (χ0n) is 12.6. The van der Waals surface area contributed by atoms with Crippen LogP contribution in [0.3, 0.4) is 0 Å². The van der Waals surface area contributed by atoms with Gasteiger partial charge in [0.15, 0.2) is 0 Å². The lowest BCUT2D eigenvalue weighted by atomic mass is 10.0. The molecule has 0 aromatic heterocycles. The summed E-state index contributed by atoms with van der Waals surface area (Å²) >= 11 is 5.91. The van der Waals surface area contributed by atoms with Crippen LogP contribution in [0.4, 0.5) is 0 Å². The van der Waals surface area contributed by atoms with Crippen LogP contribution in [0.25, 0.3) is 0 Å².